The highest BCUT2D eigenvalue weighted by Gasteiger charge is 2.40. The quantitative estimate of drug-likeness (QED) is 0.740. The lowest BCUT2D eigenvalue weighted by Crippen LogP contribution is -2.44. The highest BCUT2D eigenvalue weighted by atomic mass is 16.1. The number of amides is 1. The molecule has 1 spiro atoms. The first-order valence-electron chi connectivity index (χ1n) is 10.7. The topological polar surface area (TPSA) is 45.2 Å². The molecule has 2 aliphatic rings. The summed E-state index contributed by atoms with van der Waals surface area (Å²) < 4.78 is 0. The normalized spacial score (nSPS) is 18.1. The number of hydrogen-bond acceptors (Lipinski definition) is 3. The molecule has 1 amide bonds. The van der Waals surface area contributed by atoms with Gasteiger partial charge in [0.05, 0.1) is 11.1 Å². The van der Waals surface area contributed by atoms with Crippen molar-refractivity contribution in [2.75, 3.05) is 26.2 Å². The van der Waals surface area contributed by atoms with E-state index in [4.69, 9.17) is 0 Å². The molecule has 0 saturated carbocycles. The number of nitrogens with one attached hydrogen (secondary N) is 1. The monoisotopic (exact) mass is 385 g/mol. The van der Waals surface area contributed by atoms with Gasteiger partial charge in [0, 0.05) is 24.7 Å². The molecule has 148 valence electrons. The molecule has 1 aliphatic heterocycles. The molecular weight excluding hydrogens is 358 g/mol. The summed E-state index contributed by atoms with van der Waals surface area (Å²) in [5.74, 6) is -0.0403. The Morgan fingerprint density at radius 1 is 1.03 bits per heavy atom. The minimum Gasteiger partial charge on any atom is -0.351 e. The van der Waals surface area contributed by atoms with E-state index in [2.05, 4.69) is 39.5 Å². The van der Waals surface area contributed by atoms with Crippen molar-refractivity contribution >= 4 is 16.8 Å². The van der Waals surface area contributed by atoms with Gasteiger partial charge < -0.3 is 10.2 Å². The lowest BCUT2D eigenvalue weighted by molar-refractivity contribution is 0.0941. The second-order valence-corrected chi connectivity index (χ2v) is 8.45. The Morgan fingerprint density at radius 2 is 1.83 bits per heavy atom. The number of fused-ring (bicyclic) bond motifs is 3. The summed E-state index contributed by atoms with van der Waals surface area (Å²) in [7, 11) is 0. The number of hydrogen-bond donors (Lipinski definition) is 1. The van der Waals surface area contributed by atoms with E-state index in [0.29, 0.717) is 17.5 Å². The zero-order valence-corrected chi connectivity index (χ0v) is 16.7. The number of carbonyl (C=O) groups is 1. The molecule has 29 heavy (non-hydrogen) atoms. The summed E-state index contributed by atoms with van der Waals surface area (Å²) in [5.41, 5.74) is 5.09. The number of aryl methyl sites for hydroxylation is 1. The Kier molecular flexibility index (Phi) is 4.80. The van der Waals surface area contributed by atoms with Crippen LogP contribution in [0.15, 0.2) is 60.8 Å². The van der Waals surface area contributed by atoms with E-state index < -0.39 is 0 Å². The van der Waals surface area contributed by atoms with Gasteiger partial charge in [0.1, 0.15) is 0 Å². The van der Waals surface area contributed by atoms with Crippen molar-refractivity contribution in [3.05, 3.63) is 77.5 Å². The second kappa shape index (κ2) is 7.60. The number of nitrogens with zero attached hydrogens (tertiary/aromatic N) is 2. The van der Waals surface area contributed by atoms with Crippen LogP contribution in [-0.4, -0.2) is 42.0 Å². The molecule has 1 saturated heterocycles. The number of rotatable bonds is 4. The number of aromatic nitrogens is 1. The number of para-hydroxylation sites is 1. The second-order valence-electron chi connectivity index (χ2n) is 8.45. The highest BCUT2D eigenvalue weighted by molar-refractivity contribution is 5.97. The van der Waals surface area contributed by atoms with Gasteiger partial charge in [0.25, 0.3) is 5.91 Å². The van der Waals surface area contributed by atoms with Crippen molar-refractivity contribution in [1.82, 2.24) is 15.2 Å². The summed E-state index contributed by atoms with van der Waals surface area (Å²) in [6.07, 6.45) is 6.65. The van der Waals surface area contributed by atoms with Crippen LogP contribution in [0.25, 0.3) is 10.9 Å². The Morgan fingerprint density at radius 3 is 2.72 bits per heavy atom. The van der Waals surface area contributed by atoms with Gasteiger partial charge in [0.15, 0.2) is 0 Å². The molecule has 1 fully saturated rings. The van der Waals surface area contributed by atoms with Crippen LogP contribution in [0, 0.1) is 0 Å². The van der Waals surface area contributed by atoms with Gasteiger partial charge in [-0.25, -0.2) is 0 Å². The third-order valence-corrected chi connectivity index (χ3v) is 6.84. The Hall–Kier alpha value is -2.72. The third-order valence-electron chi connectivity index (χ3n) is 6.84. The Balaban J connectivity index is 1.14. The molecule has 1 N–H and O–H groups in total. The molecule has 0 unspecified atom stereocenters. The first-order chi connectivity index (χ1) is 14.2. The average molecular weight is 386 g/mol. The number of benzene rings is 2. The zero-order chi connectivity index (χ0) is 19.7. The van der Waals surface area contributed by atoms with Crippen LogP contribution in [0.1, 0.15) is 40.7 Å². The molecule has 1 aromatic heterocycles. The predicted octanol–water partition coefficient (Wildman–Crippen LogP) is 3.94. The lowest BCUT2D eigenvalue weighted by Gasteiger charge is -2.40. The van der Waals surface area contributed by atoms with Gasteiger partial charge in [0.2, 0.25) is 0 Å². The van der Waals surface area contributed by atoms with Crippen molar-refractivity contribution in [2.45, 2.75) is 31.1 Å². The maximum absolute atomic E-state index is 12.5. The van der Waals surface area contributed by atoms with Gasteiger partial charge in [-0.1, -0.05) is 42.5 Å². The van der Waals surface area contributed by atoms with E-state index >= 15 is 0 Å². The standard InChI is InChI=1S/C25H27N3O/c29-24(21-17-20-6-2-4-8-23(20)27-18-21)26-13-16-28-14-11-25(12-15-28)10-9-19-5-1-3-7-22(19)25/h1-8,17-18H,9-16H2,(H,26,29). The summed E-state index contributed by atoms with van der Waals surface area (Å²) in [6.45, 7) is 3.81. The van der Waals surface area contributed by atoms with Crippen molar-refractivity contribution in [3.63, 3.8) is 0 Å². The maximum atomic E-state index is 12.5. The SMILES string of the molecule is O=C(NCCN1CCC2(CCc3ccccc32)CC1)c1cnc2ccccc2c1. The lowest BCUT2D eigenvalue weighted by atomic mass is 9.74. The van der Waals surface area contributed by atoms with E-state index in [1.165, 1.54) is 25.7 Å². The largest absolute Gasteiger partial charge is 0.351 e. The zero-order valence-electron chi connectivity index (χ0n) is 16.7. The summed E-state index contributed by atoms with van der Waals surface area (Å²) in [4.78, 5) is 19.4. The van der Waals surface area contributed by atoms with E-state index in [-0.39, 0.29) is 5.91 Å². The predicted molar refractivity (Wildman–Crippen MR) is 116 cm³/mol. The summed E-state index contributed by atoms with van der Waals surface area (Å²) >= 11 is 0. The van der Waals surface area contributed by atoms with E-state index in [0.717, 1.165) is 30.5 Å². The van der Waals surface area contributed by atoms with Crippen LogP contribution < -0.4 is 5.32 Å². The van der Waals surface area contributed by atoms with E-state index in [1.54, 1.807) is 17.3 Å². The Bertz CT molecular complexity index is 1040. The first kappa shape index (κ1) is 18.3. The van der Waals surface area contributed by atoms with Crippen molar-refractivity contribution in [2.24, 2.45) is 0 Å². The number of likely N-dealkylation sites (tertiary alicyclic amines) is 1. The number of pyridine rings is 1. The van der Waals surface area contributed by atoms with Gasteiger partial charge in [-0.05, 0) is 67.4 Å². The van der Waals surface area contributed by atoms with Gasteiger partial charge in [-0.2, -0.15) is 0 Å². The molecular formula is C25H27N3O. The first-order valence-corrected chi connectivity index (χ1v) is 10.7. The summed E-state index contributed by atoms with van der Waals surface area (Å²) in [5, 5.41) is 4.07. The molecule has 3 aromatic rings. The molecule has 2 aromatic carbocycles. The molecule has 4 nitrogen and oxygen atoms in total. The fourth-order valence-corrected chi connectivity index (χ4v) is 5.11. The fourth-order valence-electron chi connectivity index (χ4n) is 5.11. The molecule has 5 rings (SSSR count). The molecule has 1 aliphatic carbocycles. The number of piperidine rings is 1. The van der Waals surface area contributed by atoms with Crippen LogP contribution in [-0.2, 0) is 11.8 Å². The van der Waals surface area contributed by atoms with Gasteiger partial charge >= 0.3 is 0 Å². The van der Waals surface area contributed by atoms with Crippen molar-refractivity contribution in [1.29, 1.82) is 0 Å². The van der Waals surface area contributed by atoms with Crippen LogP contribution in [0.3, 0.4) is 0 Å². The highest BCUT2D eigenvalue weighted by Crippen LogP contribution is 2.45. The average Bonchev–Trinajstić information content (AvgIpc) is 3.13. The van der Waals surface area contributed by atoms with E-state index in [9.17, 15) is 4.79 Å². The molecule has 2 heterocycles. The molecule has 0 atom stereocenters. The smallest absolute Gasteiger partial charge is 0.252 e. The van der Waals surface area contributed by atoms with Crippen LogP contribution in [0.5, 0.6) is 0 Å². The minimum absolute atomic E-state index is 0.0403. The van der Waals surface area contributed by atoms with Gasteiger partial charge in [-0.15, -0.1) is 0 Å². The van der Waals surface area contributed by atoms with Crippen LogP contribution >= 0.6 is 0 Å². The van der Waals surface area contributed by atoms with E-state index in [1.807, 2.05) is 30.3 Å². The van der Waals surface area contributed by atoms with Gasteiger partial charge in [-0.3, -0.25) is 9.78 Å². The van der Waals surface area contributed by atoms with Crippen LogP contribution in [0.4, 0.5) is 0 Å². The number of carbonyl (C=O) groups excluding carboxylic acids is 1. The van der Waals surface area contributed by atoms with Crippen LogP contribution in [0.2, 0.25) is 0 Å². The maximum Gasteiger partial charge on any atom is 0.252 e. The molecule has 4 heteroatoms. The molecule has 0 bridgehead atoms. The third kappa shape index (κ3) is 3.53. The van der Waals surface area contributed by atoms with Crippen molar-refractivity contribution < 1.29 is 4.79 Å². The van der Waals surface area contributed by atoms with Crippen molar-refractivity contribution in [3.8, 4) is 0 Å². The minimum atomic E-state index is -0.0403. The summed E-state index contributed by atoms with van der Waals surface area (Å²) in [6, 6.07) is 18.8. The molecule has 0 radical (unpaired) electrons. The Labute approximate surface area is 171 Å². The fraction of sp³-hybridized carbons (Fsp3) is 0.360.